The van der Waals surface area contributed by atoms with Crippen LogP contribution in [0.25, 0.3) is 22.6 Å². The van der Waals surface area contributed by atoms with E-state index in [0.717, 1.165) is 12.0 Å². The number of benzene rings is 1. The maximum Gasteiger partial charge on any atom is 0.274 e. The molecule has 2 fully saturated rings. The Hall–Kier alpha value is -4.43. The third kappa shape index (κ3) is 9.34. The van der Waals surface area contributed by atoms with Gasteiger partial charge in [-0.15, -0.1) is 0 Å². The van der Waals surface area contributed by atoms with Crippen molar-refractivity contribution in [3.05, 3.63) is 66.7 Å². The van der Waals surface area contributed by atoms with Crippen molar-refractivity contribution in [2.45, 2.75) is 44.2 Å². The first-order valence-corrected chi connectivity index (χ1v) is 16.6. The normalized spacial score (nSPS) is 18.8. The Labute approximate surface area is 279 Å². The molecule has 48 heavy (non-hydrogen) atoms. The highest BCUT2D eigenvalue weighted by Crippen LogP contribution is 2.33. The molecule has 1 saturated carbocycles. The molecule has 2 amide bonds. The van der Waals surface area contributed by atoms with Crippen LogP contribution in [-0.2, 0) is 19.0 Å². The van der Waals surface area contributed by atoms with Gasteiger partial charge in [0, 0.05) is 30.7 Å². The number of nitrogens with zero attached hydrogens (tertiary/aromatic N) is 3. The molecule has 3 atom stereocenters. The summed E-state index contributed by atoms with van der Waals surface area (Å²) in [7, 11) is 0. The number of carbonyl (C=O) groups excluding carboxylic acids is 2. The first kappa shape index (κ1) is 33.5. The van der Waals surface area contributed by atoms with E-state index in [4.69, 9.17) is 23.4 Å². The molecule has 1 aromatic carbocycles. The average molecular weight is 659 g/mol. The van der Waals surface area contributed by atoms with Crippen molar-refractivity contribution in [3.63, 3.8) is 0 Å². The Morgan fingerprint density at radius 1 is 0.917 bits per heavy atom. The minimum atomic E-state index is -0.355. The summed E-state index contributed by atoms with van der Waals surface area (Å²) in [5.74, 6) is 1.37. The number of hydrogen-bond acceptors (Lipinski definition) is 11. The second-order valence-electron chi connectivity index (χ2n) is 11.9. The number of hydrogen-bond donors (Lipinski definition) is 3. The number of oxazole rings is 1. The lowest BCUT2D eigenvalue weighted by Gasteiger charge is -2.24. The lowest BCUT2D eigenvalue weighted by molar-refractivity contribution is -0.123. The molecule has 4 aromatic rings. The zero-order chi connectivity index (χ0) is 33.0. The Bertz CT molecular complexity index is 1600. The lowest BCUT2D eigenvalue weighted by atomic mass is 9.85. The van der Waals surface area contributed by atoms with E-state index in [1.54, 1.807) is 42.7 Å². The van der Waals surface area contributed by atoms with Crippen LogP contribution in [0, 0.1) is 5.92 Å². The van der Waals surface area contributed by atoms with E-state index >= 15 is 0 Å². The number of aromatic nitrogens is 3. The van der Waals surface area contributed by atoms with Crippen LogP contribution in [0.2, 0.25) is 0 Å². The van der Waals surface area contributed by atoms with Crippen LogP contribution in [0.5, 0.6) is 5.75 Å². The number of anilines is 1. The summed E-state index contributed by atoms with van der Waals surface area (Å²) in [5.41, 5.74) is 2.82. The maximum absolute atomic E-state index is 12.7. The highest BCUT2D eigenvalue weighted by molar-refractivity contribution is 6.03. The summed E-state index contributed by atoms with van der Waals surface area (Å²) in [6, 6.07) is 12.7. The molecule has 0 unspecified atom stereocenters. The van der Waals surface area contributed by atoms with Gasteiger partial charge in [-0.3, -0.25) is 14.6 Å². The van der Waals surface area contributed by atoms with Crippen molar-refractivity contribution in [3.8, 4) is 17.2 Å². The van der Waals surface area contributed by atoms with Crippen LogP contribution in [0.3, 0.4) is 0 Å². The number of amides is 2. The molecule has 6 rings (SSSR count). The zero-order valence-corrected chi connectivity index (χ0v) is 26.9. The van der Waals surface area contributed by atoms with E-state index in [9.17, 15) is 9.59 Å². The Morgan fingerprint density at radius 3 is 2.50 bits per heavy atom. The number of pyridine rings is 2. The molecule has 1 aliphatic carbocycles. The number of ether oxygens (including phenoxy) is 4. The van der Waals surface area contributed by atoms with E-state index in [1.165, 1.54) is 31.9 Å². The van der Waals surface area contributed by atoms with E-state index < -0.39 is 0 Å². The van der Waals surface area contributed by atoms with Crippen molar-refractivity contribution in [2.75, 3.05) is 58.1 Å². The second kappa shape index (κ2) is 17.1. The van der Waals surface area contributed by atoms with Crippen molar-refractivity contribution >= 4 is 28.6 Å². The third-order valence-corrected chi connectivity index (χ3v) is 8.49. The molecule has 13 heteroatoms. The lowest BCUT2D eigenvalue weighted by Crippen LogP contribution is -2.44. The van der Waals surface area contributed by atoms with Gasteiger partial charge in [0.25, 0.3) is 5.91 Å². The molecule has 4 heterocycles. The zero-order valence-electron chi connectivity index (χ0n) is 26.9. The molecular weight excluding hydrogens is 616 g/mol. The molecule has 1 aliphatic heterocycles. The van der Waals surface area contributed by atoms with Crippen LogP contribution in [0.15, 0.2) is 65.5 Å². The summed E-state index contributed by atoms with van der Waals surface area (Å²) in [6.45, 7) is 3.44. The molecular formula is C35H42N6O7. The topological polar surface area (TPSA) is 159 Å². The van der Waals surface area contributed by atoms with Crippen molar-refractivity contribution < 1.29 is 33.0 Å². The second-order valence-corrected chi connectivity index (χ2v) is 11.9. The summed E-state index contributed by atoms with van der Waals surface area (Å²) in [4.78, 5) is 38.0. The first-order chi connectivity index (χ1) is 23.6. The van der Waals surface area contributed by atoms with Crippen LogP contribution < -0.4 is 20.7 Å². The van der Waals surface area contributed by atoms with Crippen molar-refractivity contribution in [1.29, 1.82) is 0 Å². The highest BCUT2D eigenvalue weighted by Gasteiger charge is 2.37. The number of carbonyl (C=O) groups is 2. The Balaban J connectivity index is 0.780. The quantitative estimate of drug-likeness (QED) is 0.141. The monoisotopic (exact) mass is 658 g/mol. The average Bonchev–Trinajstić information content (AvgIpc) is 3.75. The largest absolute Gasteiger partial charge is 0.490 e. The Kier molecular flexibility index (Phi) is 11.9. The predicted octanol–water partition coefficient (Wildman–Crippen LogP) is 4.00. The maximum atomic E-state index is 12.7. The van der Waals surface area contributed by atoms with E-state index in [2.05, 4.69) is 30.9 Å². The smallest absolute Gasteiger partial charge is 0.274 e. The molecule has 3 N–H and O–H groups in total. The molecule has 0 radical (unpaired) electrons. The van der Waals surface area contributed by atoms with Crippen LogP contribution in [0.4, 0.5) is 5.69 Å². The van der Waals surface area contributed by atoms with Crippen LogP contribution in [0.1, 0.15) is 42.6 Å². The minimum Gasteiger partial charge on any atom is -0.490 e. The van der Waals surface area contributed by atoms with E-state index in [1.807, 2.05) is 12.1 Å². The molecule has 2 aliphatic rings. The molecule has 254 valence electrons. The third-order valence-electron chi connectivity index (χ3n) is 8.49. The fourth-order valence-electron chi connectivity index (χ4n) is 6.06. The summed E-state index contributed by atoms with van der Waals surface area (Å²) in [6.07, 6.45) is 10.8. The Morgan fingerprint density at radius 2 is 1.73 bits per heavy atom. The van der Waals surface area contributed by atoms with Gasteiger partial charge in [-0.1, -0.05) is 12.8 Å². The van der Waals surface area contributed by atoms with Crippen LogP contribution >= 0.6 is 0 Å². The van der Waals surface area contributed by atoms with Crippen molar-refractivity contribution in [1.82, 2.24) is 25.6 Å². The standard InChI is InChI=1S/C35H42N6O7/c42-33(31-20-24-4-1-2-6-28(24)40-31)37-12-13-44-14-15-45-16-17-46-18-19-47-27-8-9-29(38-23-27)34(43)39-26-7-10-32-30(21-26)41-35(48-32)25-5-3-11-36-22-25/h3,5,7-11,21-24,28,31,40H,1-2,4,6,12-20H2,(H,37,42)(H,39,43)/t24-,28-,31-/m0/s1. The van der Waals surface area contributed by atoms with Gasteiger partial charge in [0.15, 0.2) is 5.58 Å². The van der Waals surface area contributed by atoms with Gasteiger partial charge in [-0.05, 0) is 67.6 Å². The molecule has 1 saturated heterocycles. The van der Waals surface area contributed by atoms with E-state index in [-0.39, 0.29) is 23.6 Å². The van der Waals surface area contributed by atoms with Gasteiger partial charge >= 0.3 is 0 Å². The molecule has 0 spiro atoms. The molecule has 0 bridgehead atoms. The predicted molar refractivity (Wildman–Crippen MR) is 178 cm³/mol. The molecule has 13 nitrogen and oxygen atoms in total. The summed E-state index contributed by atoms with van der Waals surface area (Å²) >= 11 is 0. The fourth-order valence-corrected chi connectivity index (χ4v) is 6.06. The molecule has 3 aromatic heterocycles. The SMILES string of the molecule is O=C(Nc1ccc2oc(-c3cccnc3)nc2c1)c1ccc(OCCOCCOCCOCCNC(=O)[C@@H]2C[C@@H]3CCCC[C@@H]3N2)cn1. The highest BCUT2D eigenvalue weighted by atomic mass is 16.6. The minimum absolute atomic E-state index is 0.0642. The first-order valence-electron chi connectivity index (χ1n) is 16.6. The van der Waals surface area contributed by atoms with Gasteiger partial charge in [0.2, 0.25) is 11.8 Å². The number of fused-ring (bicyclic) bond motifs is 2. The van der Waals surface area contributed by atoms with Gasteiger partial charge in [-0.2, -0.15) is 0 Å². The van der Waals surface area contributed by atoms with Crippen LogP contribution in [-0.4, -0.2) is 91.6 Å². The van der Waals surface area contributed by atoms with Crippen molar-refractivity contribution in [2.24, 2.45) is 5.92 Å². The summed E-state index contributed by atoms with van der Waals surface area (Å²) < 4.78 is 28.1. The number of nitrogens with one attached hydrogen (secondary N) is 3. The van der Waals surface area contributed by atoms with Gasteiger partial charge in [0.1, 0.15) is 23.6 Å². The van der Waals surface area contributed by atoms with Gasteiger partial charge in [-0.25, -0.2) is 9.97 Å². The van der Waals surface area contributed by atoms with Gasteiger partial charge in [0.05, 0.1) is 57.4 Å². The number of rotatable bonds is 17. The summed E-state index contributed by atoms with van der Waals surface area (Å²) in [5, 5.41) is 9.32. The van der Waals surface area contributed by atoms with Gasteiger partial charge < -0.3 is 39.3 Å². The fraction of sp³-hybridized carbons (Fsp3) is 0.457. The van der Waals surface area contributed by atoms with E-state index in [0.29, 0.717) is 93.2 Å².